The Kier molecular flexibility index (Phi) is 5.84. The molecule has 5 nitrogen and oxygen atoms in total. The summed E-state index contributed by atoms with van der Waals surface area (Å²) in [5.74, 6) is 1.10. The van der Waals surface area contributed by atoms with Gasteiger partial charge in [-0.3, -0.25) is 4.79 Å². The lowest BCUT2D eigenvalue weighted by atomic mass is 9.93. The minimum absolute atomic E-state index is 0.180. The van der Waals surface area contributed by atoms with Gasteiger partial charge in [-0.1, -0.05) is 0 Å². The zero-order valence-corrected chi connectivity index (χ0v) is 14.3. The van der Waals surface area contributed by atoms with Crippen molar-refractivity contribution in [2.75, 3.05) is 32.7 Å². The van der Waals surface area contributed by atoms with Crippen LogP contribution in [0.5, 0.6) is 0 Å². The minimum atomic E-state index is -0.417. The molecule has 0 aliphatic carbocycles. The fraction of sp³-hybridized carbons (Fsp3) is 0.882. The number of carbonyl (C=O) groups excluding carboxylic acids is 2. The van der Waals surface area contributed by atoms with E-state index in [9.17, 15) is 9.59 Å². The number of carbonyl (C=O) groups is 2. The molecule has 0 N–H and O–H groups in total. The van der Waals surface area contributed by atoms with Crippen LogP contribution in [-0.4, -0.2) is 60.0 Å². The second-order valence-corrected chi connectivity index (χ2v) is 7.58. The van der Waals surface area contributed by atoms with Gasteiger partial charge in [0.25, 0.3) is 0 Å². The predicted octanol–water partition coefficient (Wildman–Crippen LogP) is 2.69. The van der Waals surface area contributed by atoms with Gasteiger partial charge in [-0.05, 0) is 52.5 Å². The number of nitrogens with zero attached hydrogens (tertiary/aromatic N) is 2. The number of hydrogen-bond donors (Lipinski definition) is 0. The predicted molar refractivity (Wildman–Crippen MR) is 85.8 cm³/mol. The van der Waals surface area contributed by atoms with E-state index in [0.717, 1.165) is 58.4 Å². The summed E-state index contributed by atoms with van der Waals surface area (Å²) in [4.78, 5) is 27.5. The van der Waals surface area contributed by atoms with E-state index in [4.69, 9.17) is 4.74 Å². The Bertz CT molecular complexity index is 385. The van der Waals surface area contributed by atoms with Crippen molar-refractivity contribution in [3.8, 4) is 0 Å². The highest BCUT2D eigenvalue weighted by atomic mass is 16.6. The van der Waals surface area contributed by atoms with Crippen molar-refractivity contribution in [1.29, 1.82) is 0 Å². The van der Waals surface area contributed by atoms with Crippen LogP contribution in [0.2, 0.25) is 0 Å². The van der Waals surface area contributed by atoms with Gasteiger partial charge < -0.3 is 14.5 Å². The van der Waals surface area contributed by atoms with Crippen LogP contribution in [-0.2, 0) is 9.53 Å². The van der Waals surface area contributed by atoms with Crippen molar-refractivity contribution in [3.05, 3.63) is 0 Å². The Balaban J connectivity index is 1.65. The van der Waals surface area contributed by atoms with E-state index in [1.807, 2.05) is 25.7 Å². The molecule has 126 valence electrons. The number of Topliss-reactive ketones (excluding diaryl/α,β-unsaturated/α-hetero) is 1. The molecule has 0 bridgehead atoms. The number of rotatable bonds is 3. The second-order valence-electron chi connectivity index (χ2n) is 7.58. The smallest absolute Gasteiger partial charge is 0.410 e. The number of amides is 1. The monoisotopic (exact) mass is 310 g/mol. The molecule has 0 aromatic rings. The zero-order chi connectivity index (χ0) is 16.2. The Morgan fingerprint density at radius 1 is 1.14 bits per heavy atom. The van der Waals surface area contributed by atoms with Crippen LogP contribution < -0.4 is 0 Å². The van der Waals surface area contributed by atoms with Crippen LogP contribution in [0, 0.1) is 5.92 Å². The summed E-state index contributed by atoms with van der Waals surface area (Å²) in [7, 11) is 0. The van der Waals surface area contributed by atoms with Crippen molar-refractivity contribution in [2.45, 2.75) is 58.5 Å². The van der Waals surface area contributed by atoms with Crippen LogP contribution in [0.4, 0.5) is 4.79 Å². The first-order chi connectivity index (χ1) is 10.3. The van der Waals surface area contributed by atoms with Crippen molar-refractivity contribution < 1.29 is 14.3 Å². The highest BCUT2D eigenvalue weighted by Gasteiger charge is 2.27. The Hall–Kier alpha value is -1.10. The standard InChI is InChI=1S/C17H30N2O3/c1-17(2,3)22-16(21)19-12-5-14(6-13-19)4-9-18-10-7-15(20)8-11-18/h14H,4-13H2,1-3H3. The lowest BCUT2D eigenvalue weighted by Crippen LogP contribution is -2.42. The molecule has 5 heteroatoms. The Morgan fingerprint density at radius 2 is 1.73 bits per heavy atom. The van der Waals surface area contributed by atoms with Gasteiger partial charge in [0.05, 0.1) is 0 Å². The number of piperidine rings is 2. The number of ketones is 1. The van der Waals surface area contributed by atoms with Crippen LogP contribution in [0.15, 0.2) is 0 Å². The molecule has 22 heavy (non-hydrogen) atoms. The Labute approximate surface area is 134 Å². The minimum Gasteiger partial charge on any atom is -0.444 e. The molecule has 2 fully saturated rings. The van der Waals surface area contributed by atoms with Crippen molar-refractivity contribution >= 4 is 11.9 Å². The molecule has 2 saturated heterocycles. The highest BCUT2D eigenvalue weighted by Crippen LogP contribution is 2.23. The summed E-state index contributed by atoms with van der Waals surface area (Å²) >= 11 is 0. The molecule has 2 rings (SSSR count). The molecule has 2 aliphatic heterocycles. The van der Waals surface area contributed by atoms with Gasteiger partial charge in [-0.15, -0.1) is 0 Å². The van der Waals surface area contributed by atoms with E-state index in [1.165, 1.54) is 6.42 Å². The summed E-state index contributed by atoms with van der Waals surface area (Å²) in [5, 5.41) is 0. The molecule has 2 heterocycles. The van der Waals surface area contributed by atoms with Gasteiger partial charge in [0, 0.05) is 39.0 Å². The summed E-state index contributed by atoms with van der Waals surface area (Å²) in [6, 6.07) is 0. The zero-order valence-electron chi connectivity index (χ0n) is 14.3. The van der Waals surface area contributed by atoms with Crippen molar-refractivity contribution in [3.63, 3.8) is 0 Å². The van der Waals surface area contributed by atoms with Gasteiger partial charge >= 0.3 is 6.09 Å². The average Bonchev–Trinajstić information content (AvgIpc) is 2.45. The molecule has 0 spiro atoms. The Morgan fingerprint density at radius 3 is 2.27 bits per heavy atom. The lowest BCUT2D eigenvalue weighted by molar-refractivity contribution is -0.121. The quantitative estimate of drug-likeness (QED) is 0.804. The summed E-state index contributed by atoms with van der Waals surface area (Å²) < 4.78 is 5.42. The number of likely N-dealkylation sites (tertiary alicyclic amines) is 2. The maximum Gasteiger partial charge on any atom is 0.410 e. The molecule has 0 unspecified atom stereocenters. The highest BCUT2D eigenvalue weighted by molar-refractivity contribution is 5.79. The van der Waals surface area contributed by atoms with E-state index in [-0.39, 0.29) is 6.09 Å². The fourth-order valence-electron chi connectivity index (χ4n) is 3.12. The van der Waals surface area contributed by atoms with Crippen LogP contribution >= 0.6 is 0 Å². The van der Waals surface area contributed by atoms with Gasteiger partial charge in [0.15, 0.2) is 0 Å². The molecule has 0 aromatic carbocycles. The molecule has 0 atom stereocenters. The fourth-order valence-corrected chi connectivity index (χ4v) is 3.12. The SMILES string of the molecule is CC(C)(C)OC(=O)N1CCC(CCN2CCC(=O)CC2)CC1. The van der Waals surface area contributed by atoms with E-state index >= 15 is 0 Å². The number of hydrogen-bond acceptors (Lipinski definition) is 4. The summed E-state index contributed by atoms with van der Waals surface area (Å²) in [6.45, 7) is 10.3. The molecule has 0 aromatic heterocycles. The van der Waals surface area contributed by atoms with E-state index in [2.05, 4.69) is 4.90 Å². The van der Waals surface area contributed by atoms with Crippen LogP contribution in [0.3, 0.4) is 0 Å². The first-order valence-electron chi connectivity index (χ1n) is 8.55. The van der Waals surface area contributed by atoms with Crippen molar-refractivity contribution in [1.82, 2.24) is 9.80 Å². The normalized spacial score (nSPS) is 22.0. The van der Waals surface area contributed by atoms with Crippen molar-refractivity contribution in [2.24, 2.45) is 5.92 Å². The lowest BCUT2D eigenvalue weighted by Gasteiger charge is -2.34. The van der Waals surface area contributed by atoms with Gasteiger partial charge in [0.1, 0.15) is 11.4 Å². The second kappa shape index (κ2) is 7.44. The molecule has 1 amide bonds. The van der Waals surface area contributed by atoms with E-state index < -0.39 is 5.60 Å². The maximum absolute atomic E-state index is 12.0. The topological polar surface area (TPSA) is 49.9 Å². The third-order valence-corrected chi connectivity index (χ3v) is 4.53. The maximum atomic E-state index is 12.0. The van der Waals surface area contributed by atoms with E-state index in [0.29, 0.717) is 11.7 Å². The summed E-state index contributed by atoms with van der Waals surface area (Å²) in [6.07, 6.45) is 4.56. The third kappa shape index (κ3) is 5.59. The van der Waals surface area contributed by atoms with Gasteiger partial charge in [-0.2, -0.15) is 0 Å². The summed E-state index contributed by atoms with van der Waals surface area (Å²) in [5.41, 5.74) is -0.417. The van der Waals surface area contributed by atoms with Gasteiger partial charge in [0.2, 0.25) is 0 Å². The molecule has 2 aliphatic rings. The molecular weight excluding hydrogens is 280 g/mol. The first-order valence-corrected chi connectivity index (χ1v) is 8.55. The molecular formula is C17H30N2O3. The van der Waals surface area contributed by atoms with E-state index in [1.54, 1.807) is 0 Å². The molecule has 0 radical (unpaired) electrons. The van der Waals surface area contributed by atoms with Crippen LogP contribution in [0.1, 0.15) is 52.9 Å². The number of ether oxygens (including phenoxy) is 1. The largest absolute Gasteiger partial charge is 0.444 e. The van der Waals surface area contributed by atoms with Crippen LogP contribution in [0.25, 0.3) is 0 Å². The third-order valence-electron chi connectivity index (χ3n) is 4.53. The molecule has 0 saturated carbocycles. The first kappa shape index (κ1) is 17.3. The van der Waals surface area contributed by atoms with Gasteiger partial charge in [-0.25, -0.2) is 4.79 Å². The average molecular weight is 310 g/mol.